The van der Waals surface area contributed by atoms with Crippen molar-refractivity contribution in [1.29, 1.82) is 0 Å². The van der Waals surface area contributed by atoms with Crippen LogP contribution in [0.25, 0.3) is 0 Å². The van der Waals surface area contributed by atoms with Crippen LogP contribution in [0.3, 0.4) is 0 Å². The Morgan fingerprint density at radius 1 is 1.35 bits per heavy atom. The Bertz CT molecular complexity index is 382. The lowest BCUT2D eigenvalue weighted by molar-refractivity contribution is 0.256. The first-order chi connectivity index (χ1) is 8.15. The Labute approximate surface area is 101 Å². The van der Waals surface area contributed by atoms with Crippen molar-refractivity contribution in [2.45, 2.75) is 13.5 Å². The molecule has 1 unspecified atom stereocenters. The minimum atomic E-state index is -0.778. The molecule has 1 aromatic rings. The first kappa shape index (κ1) is 12.5. The highest BCUT2D eigenvalue weighted by Gasteiger charge is 2.14. The van der Waals surface area contributed by atoms with Gasteiger partial charge in [0.1, 0.15) is 0 Å². The van der Waals surface area contributed by atoms with Gasteiger partial charge in [0.05, 0.1) is 0 Å². The predicted molar refractivity (Wildman–Crippen MR) is 63.7 cm³/mol. The van der Waals surface area contributed by atoms with Gasteiger partial charge in [0.25, 0.3) is 0 Å². The van der Waals surface area contributed by atoms with E-state index in [0.29, 0.717) is 12.5 Å². The number of hydrogen-bond acceptors (Lipinski definition) is 2. The van der Waals surface area contributed by atoms with Gasteiger partial charge in [-0.25, -0.2) is 8.78 Å². The number of nitrogens with zero attached hydrogens (tertiary/aromatic N) is 1. The van der Waals surface area contributed by atoms with Gasteiger partial charge in [-0.1, -0.05) is 13.0 Å². The second-order valence-electron chi connectivity index (χ2n) is 4.79. The van der Waals surface area contributed by atoms with Gasteiger partial charge in [0.15, 0.2) is 11.6 Å². The van der Waals surface area contributed by atoms with E-state index in [1.54, 1.807) is 6.07 Å². The molecule has 94 valence electrons. The summed E-state index contributed by atoms with van der Waals surface area (Å²) < 4.78 is 25.9. The molecule has 0 spiro atoms. The molecule has 2 nitrogen and oxygen atoms in total. The molecule has 0 aliphatic carbocycles. The molecule has 1 heterocycles. The minimum absolute atomic E-state index is 0.586. The van der Waals surface area contributed by atoms with Crippen molar-refractivity contribution in [2.24, 2.45) is 5.92 Å². The van der Waals surface area contributed by atoms with Gasteiger partial charge < -0.3 is 5.32 Å². The van der Waals surface area contributed by atoms with Gasteiger partial charge in [0, 0.05) is 26.2 Å². The van der Waals surface area contributed by atoms with Crippen molar-refractivity contribution in [2.75, 3.05) is 26.2 Å². The van der Waals surface area contributed by atoms with Crippen molar-refractivity contribution in [3.05, 3.63) is 35.4 Å². The lowest BCUT2D eigenvalue weighted by atomic mass is 10.1. The van der Waals surface area contributed by atoms with Crippen LogP contribution in [0, 0.1) is 17.6 Å². The number of nitrogens with one attached hydrogen (secondary N) is 1. The summed E-state index contributed by atoms with van der Waals surface area (Å²) >= 11 is 0. The minimum Gasteiger partial charge on any atom is -0.315 e. The third-order valence-electron chi connectivity index (χ3n) is 3.06. The van der Waals surface area contributed by atoms with Crippen molar-refractivity contribution >= 4 is 0 Å². The molecule has 0 radical (unpaired) electrons. The molecule has 1 aliphatic heterocycles. The molecule has 0 saturated carbocycles. The maximum absolute atomic E-state index is 13.1. The molecule has 1 saturated heterocycles. The molecule has 4 heteroatoms. The van der Waals surface area contributed by atoms with Crippen LogP contribution in [0.1, 0.15) is 12.5 Å². The Hall–Kier alpha value is -1.00. The standard InChI is InChI=1S/C13H18F2N2/c1-10-7-16-4-5-17(8-10)9-11-2-3-12(14)13(15)6-11/h2-3,6,10,16H,4-5,7-9H2,1H3. The number of hydrogen-bond donors (Lipinski definition) is 1. The van der Waals surface area contributed by atoms with E-state index < -0.39 is 11.6 Å². The van der Waals surface area contributed by atoms with Crippen molar-refractivity contribution < 1.29 is 8.78 Å². The van der Waals surface area contributed by atoms with Crippen molar-refractivity contribution in [1.82, 2.24) is 10.2 Å². The van der Waals surface area contributed by atoms with E-state index >= 15 is 0 Å². The fourth-order valence-electron chi connectivity index (χ4n) is 2.22. The Morgan fingerprint density at radius 3 is 2.94 bits per heavy atom. The largest absolute Gasteiger partial charge is 0.315 e. The molecule has 1 aliphatic rings. The van der Waals surface area contributed by atoms with E-state index in [2.05, 4.69) is 17.1 Å². The average Bonchev–Trinajstić information content (AvgIpc) is 2.48. The second-order valence-corrected chi connectivity index (χ2v) is 4.79. The highest BCUT2D eigenvalue weighted by molar-refractivity contribution is 5.17. The SMILES string of the molecule is CC1CNCCN(Cc2ccc(F)c(F)c2)C1. The van der Waals surface area contributed by atoms with E-state index in [9.17, 15) is 8.78 Å². The Kier molecular flexibility index (Phi) is 4.07. The van der Waals surface area contributed by atoms with Crippen LogP contribution in [0.5, 0.6) is 0 Å². The van der Waals surface area contributed by atoms with Gasteiger partial charge in [0.2, 0.25) is 0 Å². The molecule has 1 aromatic carbocycles. The van der Waals surface area contributed by atoms with Crippen LogP contribution in [-0.2, 0) is 6.54 Å². The average molecular weight is 240 g/mol. The first-order valence-corrected chi connectivity index (χ1v) is 6.02. The van der Waals surface area contributed by atoms with Gasteiger partial charge in [-0.2, -0.15) is 0 Å². The summed E-state index contributed by atoms with van der Waals surface area (Å²) in [5.74, 6) is -0.953. The molecule has 0 amide bonds. The normalized spacial score (nSPS) is 22.4. The fourth-order valence-corrected chi connectivity index (χ4v) is 2.22. The van der Waals surface area contributed by atoms with E-state index in [0.717, 1.165) is 31.7 Å². The van der Waals surface area contributed by atoms with Crippen molar-refractivity contribution in [3.63, 3.8) is 0 Å². The lowest BCUT2D eigenvalue weighted by Gasteiger charge is -2.21. The molecule has 1 fully saturated rings. The van der Waals surface area contributed by atoms with E-state index in [-0.39, 0.29) is 0 Å². The van der Waals surface area contributed by atoms with Gasteiger partial charge in [-0.3, -0.25) is 4.90 Å². The van der Waals surface area contributed by atoms with Gasteiger partial charge in [-0.15, -0.1) is 0 Å². The molecule has 17 heavy (non-hydrogen) atoms. The summed E-state index contributed by atoms with van der Waals surface area (Å²) in [6, 6.07) is 4.14. The van der Waals surface area contributed by atoms with Crippen LogP contribution in [-0.4, -0.2) is 31.1 Å². The third kappa shape index (κ3) is 3.48. The summed E-state index contributed by atoms with van der Waals surface area (Å²) in [6.45, 7) is 6.79. The monoisotopic (exact) mass is 240 g/mol. The fraction of sp³-hybridized carbons (Fsp3) is 0.538. The van der Waals surface area contributed by atoms with Crippen LogP contribution < -0.4 is 5.32 Å². The predicted octanol–water partition coefficient (Wildman–Crippen LogP) is 2.01. The summed E-state index contributed by atoms with van der Waals surface area (Å²) in [4.78, 5) is 2.28. The Balaban J connectivity index is 2.01. The molecule has 1 atom stereocenters. The van der Waals surface area contributed by atoms with E-state index in [1.165, 1.54) is 12.1 Å². The smallest absolute Gasteiger partial charge is 0.159 e. The highest BCUT2D eigenvalue weighted by atomic mass is 19.2. The zero-order valence-corrected chi connectivity index (χ0v) is 10.0. The molecule has 1 N–H and O–H groups in total. The molecular formula is C13H18F2N2. The van der Waals surface area contributed by atoms with Crippen LogP contribution in [0.2, 0.25) is 0 Å². The number of rotatable bonds is 2. The summed E-state index contributed by atoms with van der Waals surface area (Å²) in [5.41, 5.74) is 0.831. The molecule has 0 bridgehead atoms. The topological polar surface area (TPSA) is 15.3 Å². The zero-order valence-electron chi connectivity index (χ0n) is 10.0. The molecular weight excluding hydrogens is 222 g/mol. The van der Waals surface area contributed by atoms with Gasteiger partial charge >= 0.3 is 0 Å². The maximum Gasteiger partial charge on any atom is 0.159 e. The Morgan fingerprint density at radius 2 is 2.18 bits per heavy atom. The first-order valence-electron chi connectivity index (χ1n) is 6.02. The summed E-state index contributed by atoms with van der Waals surface area (Å²) in [6.07, 6.45) is 0. The van der Waals surface area contributed by atoms with E-state index in [1.807, 2.05) is 0 Å². The number of benzene rings is 1. The quantitative estimate of drug-likeness (QED) is 0.850. The highest BCUT2D eigenvalue weighted by Crippen LogP contribution is 2.12. The summed E-state index contributed by atoms with van der Waals surface area (Å²) in [7, 11) is 0. The van der Waals surface area contributed by atoms with Crippen LogP contribution >= 0.6 is 0 Å². The molecule has 2 rings (SSSR count). The molecule has 0 aromatic heterocycles. The summed E-state index contributed by atoms with van der Waals surface area (Å²) in [5, 5.41) is 3.36. The van der Waals surface area contributed by atoms with Crippen LogP contribution in [0.4, 0.5) is 8.78 Å². The second kappa shape index (κ2) is 5.56. The zero-order chi connectivity index (χ0) is 12.3. The van der Waals surface area contributed by atoms with Crippen LogP contribution in [0.15, 0.2) is 18.2 Å². The lowest BCUT2D eigenvalue weighted by Crippen LogP contribution is -2.29. The number of halogens is 2. The van der Waals surface area contributed by atoms with E-state index in [4.69, 9.17) is 0 Å². The third-order valence-corrected chi connectivity index (χ3v) is 3.06. The maximum atomic E-state index is 13.1. The van der Waals surface area contributed by atoms with Crippen molar-refractivity contribution in [3.8, 4) is 0 Å². The van der Waals surface area contributed by atoms with Gasteiger partial charge in [-0.05, 0) is 30.2 Å².